The largest absolute Gasteiger partial charge is 0.330 e. The van der Waals surface area contributed by atoms with E-state index in [2.05, 4.69) is 71.4 Å². The van der Waals surface area contributed by atoms with Crippen LogP contribution in [0.2, 0.25) is 0 Å². The predicted molar refractivity (Wildman–Crippen MR) is 85.5 cm³/mol. The lowest BCUT2D eigenvalue weighted by molar-refractivity contribution is 0.694. The molecule has 0 amide bonds. The predicted octanol–water partition coefficient (Wildman–Crippen LogP) is 4.30. The van der Waals surface area contributed by atoms with Gasteiger partial charge in [-0.1, -0.05) is 59.3 Å². The smallest absolute Gasteiger partial charge is 0.0177 e. The Morgan fingerprint density at radius 3 is 2.37 bits per heavy atom. The summed E-state index contributed by atoms with van der Waals surface area (Å²) < 4.78 is 1.13. The van der Waals surface area contributed by atoms with Crippen LogP contribution in [0.25, 0.3) is 0 Å². The van der Waals surface area contributed by atoms with Gasteiger partial charge in [-0.05, 0) is 48.2 Å². The van der Waals surface area contributed by atoms with Crippen LogP contribution >= 0.6 is 15.9 Å². The molecule has 2 aromatic carbocycles. The van der Waals surface area contributed by atoms with Crippen LogP contribution in [-0.4, -0.2) is 6.54 Å². The molecule has 0 aromatic heterocycles. The van der Waals surface area contributed by atoms with Gasteiger partial charge in [0.25, 0.3) is 0 Å². The topological polar surface area (TPSA) is 26.0 Å². The lowest BCUT2D eigenvalue weighted by Gasteiger charge is -2.16. The number of rotatable bonds is 5. The molecule has 2 aromatic rings. The first kappa shape index (κ1) is 14.3. The first-order chi connectivity index (χ1) is 9.22. The van der Waals surface area contributed by atoms with E-state index in [9.17, 15) is 0 Å². The summed E-state index contributed by atoms with van der Waals surface area (Å²) in [7, 11) is 0. The van der Waals surface area contributed by atoms with Gasteiger partial charge in [-0.25, -0.2) is 0 Å². The van der Waals surface area contributed by atoms with Crippen molar-refractivity contribution in [2.45, 2.75) is 25.7 Å². The average Bonchev–Trinajstić information content (AvgIpc) is 2.45. The van der Waals surface area contributed by atoms with Gasteiger partial charge in [0.15, 0.2) is 0 Å². The summed E-state index contributed by atoms with van der Waals surface area (Å²) in [6.45, 7) is 2.86. The maximum Gasteiger partial charge on any atom is 0.0177 e. The highest BCUT2D eigenvalue weighted by atomic mass is 79.9. The van der Waals surface area contributed by atoms with E-state index in [0.29, 0.717) is 12.5 Å². The Hall–Kier alpha value is -1.12. The zero-order valence-corrected chi connectivity index (χ0v) is 12.9. The van der Waals surface area contributed by atoms with Gasteiger partial charge >= 0.3 is 0 Å². The van der Waals surface area contributed by atoms with Crippen molar-refractivity contribution in [3.05, 3.63) is 69.7 Å². The van der Waals surface area contributed by atoms with Gasteiger partial charge in [-0.2, -0.15) is 0 Å². The van der Waals surface area contributed by atoms with Crippen LogP contribution in [0.15, 0.2) is 53.0 Å². The van der Waals surface area contributed by atoms with Crippen LogP contribution in [0.1, 0.15) is 29.5 Å². The summed E-state index contributed by atoms with van der Waals surface area (Å²) in [5.74, 6) is 0.389. The molecular weight excluding hydrogens is 298 g/mol. The molecule has 0 radical (unpaired) electrons. The minimum Gasteiger partial charge on any atom is -0.330 e. The standard InChI is InChI=1S/C17H20BrN/c1-2-13-6-8-15(9-7-13)16(12-19)10-14-4-3-5-17(18)11-14/h3-9,11,16H,2,10,12,19H2,1H3. The number of nitrogens with two attached hydrogens (primary N) is 1. The minimum absolute atomic E-state index is 0.389. The van der Waals surface area contributed by atoms with Gasteiger partial charge in [0.05, 0.1) is 0 Å². The molecule has 0 saturated carbocycles. The molecule has 19 heavy (non-hydrogen) atoms. The van der Waals surface area contributed by atoms with E-state index in [1.165, 1.54) is 16.7 Å². The quantitative estimate of drug-likeness (QED) is 0.874. The van der Waals surface area contributed by atoms with Crippen molar-refractivity contribution >= 4 is 15.9 Å². The Morgan fingerprint density at radius 2 is 1.79 bits per heavy atom. The van der Waals surface area contributed by atoms with Gasteiger partial charge in [-0.3, -0.25) is 0 Å². The van der Waals surface area contributed by atoms with E-state index in [1.807, 2.05) is 0 Å². The number of halogens is 1. The van der Waals surface area contributed by atoms with Crippen LogP contribution in [0.4, 0.5) is 0 Å². The molecule has 1 unspecified atom stereocenters. The van der Waals surface area contributed by atoms with Crippen molar-refractivity contribution in [3.63, 3.8) is 0 Å². The summed E-state index contributed by atoms with van der Waals surface area (Å²) in [6.07, 6.45) is 2.07. The van der Waals surface area contributed by atoms with Crippen molar-refractivity contribution in [3.8, 4) is 0 Å². The van der Waals surface area contributed by atoms with Crippen molar-refractivity contribution < 1.29 is 0 Å². The van der Waals surface area contributed by atoms with Crippen LogP contribution in [0.5, 0.6) is 0 Å². The third-order valence-electron chi connectivity index (χ3n) is 3.52. The highest BCUT2D eigenvalue weighted by Gasteiger charge is 2.10. The zero-order chi connectivity index (χ0) is 13.7. The molecule has 0 fully saturated rings. The third kappa shape index (κ3) is 3.92. The van der Waals surface area contributed by atoms with Gasteiger partial charge in [0.1, 0.15) is 0 Å². The van der Waals surface area contributed by atoms with Gasteiger partial charge in [0.2, 0.25) is 0 Å². The molecule has 0 saturated heterocycles. The fourth-order valence-corrected chi connectivity index (χ4v) is 2.76. The van der Waals surface area contributed by atoms with Crippen molar-refractivity contribution in [2.75, 3.05) is 6.54 Å². The van der Waals surface area contributed by atoms with Gasteiger partial charge in [0, 0.05) is 10.4 Å². The van der Waals surface area contributed by atoms with Crippen LogP contribution in [-0.2, 0) is 12.8 Å². The average molecular weight is 318 g/mol. The fourth-order valence-electron chi connectivity index (χ4n) is 2.31. The highest BCUT2D eigenvalue weighted by Crippen LogP contribution is 2.22. The highest BCUT2D eigenvalue weighted by molar-refractivity contribution is 9.10. The third-order valence-corrected chi connectivity index (χ3v) is 4.01. The fraction of sp³-hybridized carbons (Fsp3) is 0.294. The molecule has 1 atom stereocenters. The summed E-state index contributed by atoms with van der Waals surface area (Å²) in [6, 6.07) is 17.3. The van der Waals surface area contributed by atoms with Crippen molar-refractivity contribution in [1.82, 2.24) is 0 Å². The second-order valence-corrected chi connectivity index (χ2v) is 5.78. The van der Waals surface area contributed by atoms with E-state index in [1.54, 1.807) is 0 Å². The monoisotopic (exact) mass is 317 g/mol. The Morgan fingerprint density at radius 1 is 1.05 bits per heavy atom. The van der Waals surface area contributed by atoms with Crippen molar-refractivity contribution in [2.24, 2.45) is 5.73 Å². The molecule has 2 rings (SSSR count). The lowest BCUT2D eigenvalue weighted by atomic mass is 9.91. The van der Waals surface area contributed by atoms with Gasteiger partial charge < -0.3 is 5.73 Å². The van der Waals surface area contributed by atoms with Crippen LogP contribution in [0.3, 0.4) is 0 Å². The molecule has 0 aliphatic heterocycles. The number of hydrogen-bond acceptors (Lipinski definition) is 1. The van der Waals surface area contributed by atoms with Crippen LogP contribution in [0, 0.1) is 0 Å². The minimum atomic E-state index is 0.389. The van der Waals surface area contributed by atoms with Crippen molar-refractivity contribution in [1.29, 1.82) is 0 Å². The number of hydrogen-bond donors (Lipinski definition) is 1. The molecule has 2 N–H and O–H groups in total. The van der Waals surface area contributed by atoms with Crippen LogP contribution < -0.4 is 5.73 Å². The maximum absolute atomic E-state index is 5.95. The zero-order valence-electron chi connectivity index (χ0n) is 11.3. The summed E-state index contributed by atoms with van der Waals surface area (Å²) in [4.78, 5) is 0. The Labute approximate surface area is 124 Å². The molecule has 0 aliphatic carbocycles. The summed E-state index contributed by atoms with van der Waals surface area (Å²) in [5, 5.41) is 0. The molecule has 0 heterocycles. The van der Waals surface area contributed by atoms with E-state index in [0.717, 1.165) is 17.3 Å². The number of benzene rings is 2. The van der Waals surface area contributed by atoms with E-state index >= 15 is 0 Å². The molecule has 0 aliphatic rings. The first-order valence-electron chi connectivity index (χ1n) is 6.76. The second kappa shape index (κ2) is 6.88. The van der Waals surface area contributed by atoms with E-state index < -0.39 is 0 Å². The van der Waals surface area contributed by atoms with E-state index in [4.69, 9.17) is 5.73 Å². The SMILES string of the molecule is CCc1ccc(C(CN)Cc2cccc(Br)c2)cc1. The Bertz CT molecular complexity index is 519. The molecule has 2 heteroatoms. The molecule has 0 bridgehead atoms. The molecule has 1 nitrogen and oxygen atoms in total. The lowest BCUT2D eigenvalue weighted by Crippen LogP contribution is -2.15. The number of aryl methyl sites for hydroxylation is 1. The Kier molecular flexibility index (Phi) is 5.17. The molecule has 0 spiro atoms. The Balaban J connectivity index is 2.15. The van der Waals surface area contributed by atoms with Gasteiger partial charge in [-0.15, -0.1) is 0 Å². The molecule has 100 valence electrons. The second-order valence-electron chi connectivity index (χ2n) is 4.86. The summed E-state index contributed by atoms with van der Waals surface area (Å²) >= 11 is 3.52. The molecular formula is C17H20BrN. The normalized spacial score (nSPS) is 12.4. The van der Waals surface area contributed by atoms with E-state index in [-0.39, 0.29) is 0 Å². The summed E-state index contributed by atoms with van der Waals surface area (Å²) in [5.41, 5.74) is 9.98. The maximum atomic E-state index is 5.95. The first-order valence-corrected chi connectivity index (χ1v) is 7.55.